The van der Waals surface area contributed by atoms with Crippen molar-refractivity contribution in [1.29, 1.82) is 0 Å². The molecule has 1 atom stereocenters. The molecule has 0 saturated heterocycles. The van der Waals surface area contributed by atoms with E-state index in [0.29, 0.717) is 18.9 Å². The second-order valence-corrected chi connectivity index (χ2v) is 7.05. The third-order valence-electron chi connectivity index (χ3n) is 3.45. The summed E-state index contributed by atoms with van der Waals surface area (Å²) in [5.41, 5.74) is 1.06. The minimum Gasteiger partial charge on any atom is -0.489 e. The Morgan fingerprint density at radius 3 is 2.25 bits per heavy atom. The zero-order valence-corrected chi connectivity index (χ0v) is 15.4. The van der Waals surface area contributed by atoms with Gasteiger partial charge >= 0.3 is 0 Å². The normalized spacial score (nSPS) is 12.2. The third kappa shape index (κ3) is 6.13. The van der Waals surface area contributed by atoms with Crippen LogP contribution in [0.25, 0.3) is 0 Å². The molecule has 0 fully saturated rings. The van der Waals surface area contributed by atoms with E-state index in [1.807, 2.05) is 37.3 Å². The lowest BCUT2D eigenvalue weighted by Gasteiger charge is -2.12. The molecule has 2 aromatic rings. The lowest BCUT2D eigenvalue weighted by Crippen LogP contribution is -2.37. The first-order chi connectivity index (χ1) is 11.0. The highest BCUT2D eigenvalue weighted by molar-refractivity contribution is 7.89. The summed E-state index contributed by atoms with van der Waals surface area (Å²) in [5.74, 6) is 0.636. The first-order valence-corrected chi connectivity index (χ1v) is 8.93. The van der Waals surface area contributed by atoms with Crippen LogP contribution in [0.2, 0.25) is 0 Å². The van der Waals surface area contributed by atoms with Crippen LogP contribution < -0.4 is 14.8 Å². The van der Waals surface area contributed by atoms with E-state index in [4.69, 9.17) is 4.74 Å². The quantitative estimate of drug-likeness (QED) is 0.749. The summed E-state index contributed by atoms with van der Waals surface area (Å²) in [6, 6.07) is 16.3. The van der Waals surface area contributed by atoms with Crippen LogP contribution in [0.15, 0.2) is 59.5 Å². The number of nitrogens with one attached hydrogen (secondary N) is 2. The van der Waals surface area contributed by atoms with Crippen molar-refractivity contribution in [2.75, 3.05) is 13.6 Å². The van der Waals surface area contributed by atoms with Crippen LogP contribution in [0.4, 0.5) is 0 Å². The lowest BCUT2D eigenvalue weighted by atomic mass is 10.2. The Kier molecular flexibility index (Phi) is 8.21. The van der Waals surface area contributed by atoms with Gasteiger partial charge < -0.3 is 10.1 Å². The van der Waals surface area contributed by atoms with Crippen LogP contribution in [-0.4, -0.2) is 28.1 Å². The fraction of sp³-hybridized carbons (Fsp3) is 0.294. The molecule has 2 N–H and O–H groups in total. The lowest BCUT2D eigenvalue weighted by molar-refractivity contribution is 0.306. The molecule has 0 aromatic heterocycles. The number of halogens is 1. The molecule has 0 aliphatic rings. The van der Waals surface area contributed by atoms with Gasteiger partial charge in [-0.3, -0.25) is 0 Å². The minimum atomic E-state index is -3.49. The Morgan fingerprint density at radius 1 is 1.04 bits per heavy atom. The highest BCUT2D eigenvalue weighted by Gasteiger charge is 2.14. The van der Waals surface area contributed by atoms with Gasteiger partial charge in [0.25, 0.3) is 0 Å². The number of likely N-dealkylation sites (N-methyl/N-ethyl adjacent to an activating group) is 1. The van der Waals surface area contributed by atoms with Crippen molar-refractivity contribution in [2.24, 2.45) is 0 Å². The second kappa shape index (κ2) is 9.64. The molecule has 132 valence electrons. The largest absolute Gasteiger partial charge is 0.489 e. The van der Waals surface area contributed by atoms with E-state index in [2.05, 4.69) is 10.0 Å². The van der Waals surface area contributed by atoms with E-state index in [0.717, 1.165) is 5.56 Å². The van der Waals surface area contributed by atoms with E-state index in [9.17, 15) is 8.42 Å². The van der Waals surface area contributed by atoms with Crippen molar-refractivity contribution < 1.29 is 13.2 Å². The van der Waals surface area contributed by atoms with Crippen molar-refractivity contribution in [2.45, 2.75) is 24.5 Å². The van der Waals surface area contributed by atoms with Gasteiger partial charge in [0.05, 0.1) is 4.90 Å². The van der Waals surface area contributed by atoms with Gasteiger partial charge in [-0.2, -0.15) is 0 Å². The predicted molar refractivity (Wildman–Crippen MR) is 98.2 cm³/mol. The molecular weight excluding hydrogens is 348 g/mol. The first kappa shape index (κ1) is 20.4. The molecule has 0 aliphatic heterocycles. The van der Waals surface area contributed by atoms with Gasteiger partial charge in [-0.1, -0.05) is 30.3 Å². The molecule has 0 heterocycles. The molecular formula is C17H23ClN2O3S. The number of hydrogen-bond acceptors (Lipinski definition) is 4. The highest BCUT2D eigenvalue weighted by atomic mass is 35.5. The van der Waals surface area contributed by atoms with Gasteiger partial charge in [0, 0.05) is 12.6 Å². The molecule has 0 saturated carbocycles. The maximum atomic E-state index is 12.2. The smallest absolute Gasteiger partial charge is 0.240 e. The van der Waals surface area contributed by atoms with E-state index >= 15 is 0 Å². The molecule has 24 heavy (non-hydrogen) atoms. The van der Waals surface area contributed by atoms with E-state index < -0.39 is 10.0 Å². The number of hydrogen-bond donors (Lipinski definition) is 2. The zero-order chi connectivity index (χ0) is 16.7. The predicted octanol–water partition coefficient (Wildman–Crippen LogP) is 2.57. The molecule has 0 aliphatic carbocycles. The topological polar surface area (TPSA) is 67.4 Å². The summed E-state index contributed by atoms with van der Waals surface area (Å²) in [6.45, 7) is 2.69. The Morgan fingerprint density at radius 2 is 1.67 bits per heavy atom. The molecule has 0 spiro atoms. The van der Waals surface area contributed by atoms with Crippen molar-refractivity contribution in [1.82, 2.24) is 10.0 Å². The van der Waals surface area contributed by atoms with Crippen molar-refractivity contribution in [3.63, 3.8) is 0 Å². The maximum Gasteiger partial charge on any atom is 0.240 e. The van der Waals surface area contributed by atoms with Gasteiger partial charge in [-0.05, 0) is 43.8 Å². The van der Waals surface area contributed by atoms with Crippen LogP contribution in [0.3, 0.4) is 0 Å². The first-order valence-electron chi connectivity index (χ1n) is 7.45. The molecule has 7 heteroatoms. The Hall–Kier alpha value is -1.60. The summed E-state index contributed by atoms with van der Waals surface area (Å²) in [5, 5.41) is 2.98. The summed E-state index contributed by atoms with van der Waals surface area (Å²) in [4.78, 5) is 0.230. The van der Waals surface area contributed by atoms with Gasteiger partial charge in [-0.15, -0.1) is 12.4 Å². The van der Waals surface area contributed by atoms with Crippen LogP contribution in [0.1, 0.15) is 12.5 Å². The fourth-order valence-electron chi connectivity index (χ4n) is 1.88. The van der Waals surface area contributed by atoms with Crippen LogP contribution in [0.5, 0.6) is 5.75 Å². The maximum absolute atomic E-state index is 12.2. The summed E-state index contributed by atoms with van der Waals surface area (Å²) in [6.07, 6.45) is 0. The van der Waals surface area contributed by atoms with E-state index in [1.165, 1.54) is 0 Å². The molecule has 5 nitrogen and oxygen atoms in total. The summed E-state index contributed by atoms with van der Waals surface area (Å²) < 4.78 is 32.5. The third-order valence-corrected chi connectivity index (χ3v) is 4.89. The standard InChI is InChI=1S/C17H22N2O3S.ClH/c1-14(18-2)12-19-23(20,21)17-10-8-16(9-11-17)22-13-15-6-4-3-5-7-15;/h3-11,14,18-19H,12-13H2,1-2H3;1H. The number of rotatable bonds is 8. The average Bonchev–Trinajstić information content (AvgIpc) is 2.59. The molecule has 2 aromatic carbocycles. The monoisotopic (exact) mass is 370 g/mol. The zero-order valence-electron chi connectivity index (χ0n) is 13.7. The Balaban J connectivity index is 0.00000288. The molecule has 0 radical (unpaired) electrons. The number of benzene rings is 2. The van der Waals surface area contributed by atoms with Gasteiger partial charge in [0.15, 0.2) is 0 Å². The molecule has 0 amide bonds. The fourth-order valence-corrected chi connectivity index (χ4v) is 3.01. The average molecular weight is 371 g/mol. The van der Waals surface area contributed by atoms with Crippen molar-refractivity contribution >= 4 is 22.4 Å². The van der Waals surface area contributed by atoms with Crippen LogP contribution >= 0.6 is 12.4 Å². The molecule has 0 bridgehead atoms. The minimum absolute atomic E-state index is 0. The van der Waals surface area contributed by atoms with Gasteiger partial charge in [-0.25, -0.2) is 13.1 Å². The summed E-state index contributed by atoms with van der Waals surface area (Å²) in [7, 11) is -1.71. The van der Waals surface area contributed by atoms with Gasteiger partial charge in [0.2, 0.25) is 10.0 Å². The van der Waals surface area contributed by atoms with Crippen molar-refractivity contribution in [3.8, 4) is 5.75 Å². The van der Waals surface area contributed by atoms with E-state index in [1.54, 1.807) is 31.3 Å². The SMILES string of the molecule is CNC(C)CNS(=O)(=O)c1ccc(OCc2ccccc2)cc1.Cl. The number of ether oxygens (including phenoxy) is 1. The van der Waals surface area contributed by atoms with E-state index in [-0.39, 0.29) is 23.3 Å². The highest BCUT2D eigenvalue weighted by Crippen LogP contribution is 2.17. The van der Waals surface area contributed by atoms with Crippen LogP contribution in [0, 0.1) is 0 Å². The van der Waals surface area contributed by atoms with Crippen LogP contribution in [-0.2, 0) is 16.6 Å². The Labute approximate surface area is 149 Å². The Bertz CT molecular complexity index is 706. The summed E-state index contributed by atoms with van der Waals surface area (Å²) >= 11 is 0. The second-order valence-electron chi connectivity index (χ2n) is 5.29. The van der Waals surface area contributed by atoms with Gasteiger partial charge in [0.1, 0.15) is 12.4 Å². The van der Waals surface area contributed by atoms with Crippen molar-refractivity contribution in [3.05, 3.63) is 60.2 Å². The molecule has 1 unspecified atom stereocenters. The molecule has 2 rings (SSSR count). The number of sulfonamides is 1.